The first-order valence-corrected chi connectivity index (χ1v) is 8.71. The third kappa shape index (κ3) is 2.06. The van der Waals surface area contributed by atoms with Crippen LogP contribution < -0.4 is 5.32 Å². The molecule has 4 aliphatic rings. The molecule has 1 N–H and O–H groups in total. The first kappa shape index (κ1) is 12.6. The molecule has 5 atom stereocenters. The lowest BCUT2D eigenvalue weighted by Crippen LogP contribution is -2.42. The molecule has 1 saturated heterocycles. The summed E-state index contributed by atoms with van der Waals surface area (Å²) < 4.78 is 5.58. The van der Waals surface area contributed by atoms with Crippen LogP contribution in [0.3, 0.4) is 0 Å². The van der Waals surface area contributed by atoms with Gasteiger partial charge in [-0.25, -0.2) is 0 Å². The topological polar surface area (TPSA) is 21.3 Å². The number of hydrogen-bond acceptors (Lipinski definition) is 2. The van der Waals surface area contributed by atoms with E-state index in [2.05, 4.69) is 12.2 Å². The molecule has 2 heteroatoms. The summed E-state index contributed by atoms with van der Waals surface area (Å²) in [5.74, 6) is 6.42. The van der Waals surface area contributed by atoms with Crippen molar-refractivity contribution in [2.75, 3.05) is 19.8 Å². The van der Waals surface area contributed by atoms with Crippen molar-refractivity contribution in [2.24, 2.45) is 35.5 Å². The summed E-state index contributed by atoms with van der Waals surface area (Å²) in [4.78, 5) is 0. The van der Waals surface area contributed by atoms with Gasteiger partial charge in [-0.15, -0.1) is 0 Å². The summed E-state index contributed by atoms with van der Waals surface area (Å²) in [6.45, 7) is 5.52. The highest BCUT2D eigenvalue weighted by Gasteiger charge is 2.67. The van der Waals surface area contributed by atoms with Gasteiger partial charge < -0.3 is 10.1 Å². The molecule has 4 fully saturated rings. The predicted octanol–water partition coefficient (Wildman–Crippen LogP) is 3.07. The second-order valence-electron chi connectivity index (χ2n) is 7.49. The highest BCUT2D eigenvalue weighted by atomic mass is 16.5. The fourth-order valence-electron chi connectivity index (χ4n) is 5.88. The van der Waals surface area contributed by atoms with E-state index in [1.54, 1.807) is 19.3 Å². The van der Waals surface area contributed by atoms with Gasteiger partial charge in [0.25, 0.3) is 0 Å². The molecule has 0 aromatic rings. The molecule has 0 aromatic carbocycles. The molecule has 19 heavy (non-hydrogen) atoms. The Kier molecular flexibility index (Phi) is 3.35. The Morgan fingerprint density at radius 1 is 1.05 bits per heavy atom. The van der Waals surface area contributed by atoms with Gasteiger partial charge in [0, 0.05) is 19.3 Å². The van der Waals surface area contributed by atoms with Crippen LogP contribution in [0.15, 0.2) is 0 Å². The van der Waals surface area contributed by atoms with Gasteiger partial charge in [0.05, 0.1) is 0 Å². The Bertz CT molecular complexity index is 309. The molecular formula is C17H29NO. The third-order valence-corrected chi connectivity index (χ3v) is 6.61. The van der Waals surface area contributed by atoms with Crippen LogP contribution in [0.5, 0.6) is 0 Å². The van der Waals surface area contributed by atoms with Gasteiger partial charge in [0.15, 0.2) is 0 Å². The fraction of sp³-hybridized carbons (Fsp3) is 1.00. The standard InChI is InChI=1S/C17H29NO/c1-2-7-18-17(11-5-8-19-9-6-11)16-14-12-3-4-13(10-12)15(14)16/h11-18H,2-10H2,1H3. The molecule has 3 saturated carbocycles. The SMILES string of the molecule is CCCNC(C1CCOCC1)C1C2C3CCC(C3)C21. The Hall–Kier alpha value is -0.0800. The average Bonchev–Trinajstić information content (AvgIpc) is 2.88. The van der Waals surface area contributed by atoms with Crippen LogP contribution in [-0.2, 0) is 4.74 Å². The number of ether oxygens (including phenoxy) is 1. The van der Waals surface area contributed by atoms with Gasteiger partial charge in [0.2, 0.25) is 0 Å². The normalized spacial score (nSPS) is 46.3. The van der Waals surface area contributed by atoms with Gasteiger partial charge >= 0.3 is 0 Å². The summed E-state index contributed by atoms with van der Waals surface area (Å²) >= 11 is 0. The zero-order chi connectivity index (χ0) is 12.8. The van der Waals surface area contributed by atoms with Gasteiger partial charge in [0.1, 0.15) is 0 Å². The van der Waals surface area contributed by atoms with E-state index in [4.69, 9.17) is 4.74 Å². The monoisotopic (exact) mass is 263 g/mol. The van der Waals surface area contributed by atoms with E-state index >= 15 is 0 Å². The lowest BCUT2D eigenvalue weighted by Gasteiger charge is -2.33. The molecule has 1 aliphatic heterocycles. The molecular weight excluding hydrogens is 234 g/mol. The van der Waals surface area contributed by atoms with E-state index in [9.17, 15) is 0 Å². The zero-order valence-electron chi connectivity index (χ0n) is 12.3. The Morgan fingerprint density at radius 3 is 2.37 bits per heavy atom. The molecule has 4 rings (SSSR count). The van der Waals surface area contributed by atoms with Crippen LogP contribution in [0, 0.1) is 35.5 Å². The van der Waals surface area contributed by atoms with Crippen molar-refractivity contribution in [3.05, 3.63) is 0 Å². The van der Waals surface area contributed by atoms with Crippen LogP contribution in [0.2, 0.25) is 0 Å². The predicted molar refractivity (Wildman–Crippen MR) is 76.9 cm³/mol. The van der Waals surface area contributed by atoms with Gasteiger partial charge in [-0.1, -0.05) is 6.92 Å². The van der Waals surface area contributed by atoms with Crippen molar-refractivity contribution in [2.45, 2.75) is 51.5 Å². The van der Waals surface area contributed by atoms with E-state index in [0.29, 0.717) is 0 Å². The summed E-state index contributed by atoms with van der Waals surface area (Å²) in [6, 6.07) is 0.822. The Balaban J connectivity index is 1.45. The third-order valence-electron chi connectivity index (χ3n) is 6.61. The highest BCUT2D eigenvalue weighted by molar-refractivity contribution is 5.16. The van der Waals surface area contributed by atoms with E-state index in [1.807, 2.05) is 0 Å². The van der Waals surface area contributed by atoms with Crippen LogP contribution >= 0.6 is 0 Å². The summed E-state index contributed by atoms with van der Waals surface area (Å²) in [7, 11) is 0. The minimum absolute atomic E-state index is 0.822. The van der Waals surface area contributed by atoms with Crippen LogP contribution in [0.1, 0.15) is 45.4 Å². The van der Waals surface area contributed by atoms with Crippen molar-refractivity contribution >= 4 is 0 Å². The maximum atomic E-state index is 5.58. The molecule has 2 nitrogen and oxygen atoms in total. The first-order chi connectivity index (χ1) is 9.40. The van der Waals surface area contributed by atoms with Gasteiger partial charge in [-0.05, 0) is 80.6 Å². The fourth-order valence-corrected chi connectivity index (χ4v) is 5.88. The smallest absolute Gasteiger partial charge is 0.0469 e. The van der Waals surface area contributed by atoms with E-state index in [-0.39, 0.29) is 0 Å². The molecule has 0 radical (unpaired) electrons. The first-order valence-electron chi connectivity index (χ1n) is 8.71. The summed E-state index contributed by atoms with van der Waals surface area (Å²) in [6.07, 6.45) is 8.56. The average molecular weight is 263 g/mol. The molecule has 0 amide bonds. The van der Waals surface area contributed by atoms with Gasteiger partial charge in [-0.2, -0.15) is 0 Å². The van der Waals surface area contributed by atoms with Gasteiger partial charge in [-0.3, -0.25) is 0 Å². The molecule has 1 heterocycles. The van der Waals surface area contributed by atoms with Crippen molar-refractivity contribution in [1.82, 2.24) is 5.32 Å². The van der Waals surface area contributed by atoms with Crippen molar-refractivity contribution in [1.29, 1.82) is 0 Å². The minimum Gasteiger partial charge on any atom is -0.381 e. The number of fused-ring (bicyclic) bond motifs is 5. The van der Waals surface area contributed by atoms with Crippen molar-refractivity contribution < 1.29 is 4.74 Å². The quantitative estimate of drug-likeness (QED) is 0.823. The summed E-state index contributed by atoms with van der Waals surface area (Å²) in [5.41, 5.74) is 0. The van der Waals surface area contributed by atoms with E-state index in [0.717, 1.165) is 54.8 Å². The second kappa shape index (κ2) is 5.04. The lowest BCUT2D eigenvalue weighted by molar-refractivity contribution is 0.0480. The molecule has 0 aromatic heterocycles. The largest absolute Gasteiger partial charge is 0.381 e. The van der Waals surface area contributed by atoms with Crippen molar-refractivity contribution in [3.8, 4) is 0 Å². The van der Waals surface area contributed by atoms with Crippen LogP contribution in [-0.4, -0.2) is 25.8 Å². The van der Waals surface area contributed by atoms with Crippen molar-refractivity contribution in [3.63, 3.8) is 0 Å². The maximum absolute atomic E-state index is 5.58. The minimum atomic E-state index is 0.822. The Labute approximate surface area is 117 Å². The number of hydrogen-bond donors (Lipinski definition) is 1. The highest BCUT2D eigenvalue weighted by Crippen LogP contribution is 2.70. The van der Waals surface area contributed by atoms with E-state index < -0.39 is 0 Å². The molecule has 2 bridgehead atoms. The molecule has 5 unspecified atom stereocenters. The van der Waals surface area contributed by atoms with E-state index in [1.165, 1.54) is 25.8 Å². The number of rotatable bonds is 5. The Morgan fingerprint density at radius 2 is 1.74 bits per heavy atom. The lowest BCUT2D eigenvalue weighted by atomic mass is 9.84. The zero-order valence-corrected chi connectivity index (χ0v) is 12.3. The summed E-state index contributed by atoms with van der Waals surface area (Å²) in [5, 5.41) is 3.94. The number of nitrogens with one attached hydrogen (secondary N) is 1. The molecule has 0 spiro atoms. The van der Waals surface area contributed by atoms with Crippen LogP contribution in [0.4, 0.5) is 0 Å². The van der Waals surface area contributed by atoms with Crippen LogP contribution in [0.25, 0.3) is 0 Å². The molecule has 108 valence electrons. The molecule has 3 aliphatic carbocycles. The second-order valence-corrected chi connectivity index (χ2v) is 7.49. The maximum Gasteiger partial charge on any atom is 0.0469 e.